The van der Waals surface area contributed by atoms with E-state index in [0.29, 0.717) is 15.0 Å². The summed E-state index contributed by atoms with van der Waals surface area (Å²) >= 11 is 1.16. The normalized spacial score (nSPS) is 13.0. The molecule has 0 atom stereocenters. The van der Waals surface area contributed by atoms with Gasteiger partial charge in [-0.2, -0.15) is 5.26 Å². The van der Waals surface area contributed by atoms with Crippen LogP contribution in [0, 0.1) is 16.7 Å². The zero-order valence-electron chi connectivity index (χ0n) is 19.7. The number of anilines is 1. The Hall–Kier alpha value is -3.37. The van der Waals surface area contributed by atoms with Crippen molar-refractivity contribution >= 4 is 34.5 Å². The minimum absolute atomic E-state index is 0.00677. The van der Waals surface area contributed by atoms with Crippen LogP contribution in [0.3, 0.4) is 0 Å². The van der Waals surface area contributed by atoms with Gasteiger partial charge in [-0.3, -0.25) is 14.2 Å². The lowest BCUT2D eigenvalue weighted by Gasteiger charge is -2.20. The first-order valence-electron chi connectivity index (χ1n) is 11.0. The molecule has 33 heavy (non-hydrogen) atoms. The Labute approximate surface area is 197 Å². The van der Waals surface area contributed by atoms with Crippen LogP contribution < -0.4 is 19.7 Å². The zero-order chi connectivity index (χ0) is 24.2. The van der Waals surface area contributed by atoms with E-state index >= 15 is 0 Å². The second kappa shape index (κ2) is 10.1. The summed E-state index contributed by atoms with van der Waals surface area (Å²) in [5.74, 6) is 0.279. The highest BCUT2D eigenvalue weighted by atomic mass is 32.1. The van der Waals surface area contributed by atoms with Gasteiger partial charge in [0, 0.05) is 24.2 Å². The molecule has 0 N–H and O–H groups in total. The molecule has 6 nitrogen and oxygen atoms in total. The highest BCUT2D eigenvalue weighted by molar-refractivity contribution is 7.07. The Balaban J connectivity index is 2.20. The molecule has 0 fully saturated rings. The van der Waals surface area contributed by atoms with E-state index in [4.69, 9.17) is 4.42 Å². The van der Waals surface area contributed by atoms with E-state index in [1.54, 1.807) is 39.0 Å². The highest BCUT2D eigenvalue weighted by Gasteiger charge is 2.27. The molecule has 2 heterocycles. The van der Waals surface area contributed by atoms with Gasteiger partial charge in [0.25, 0.3) is 5.56 Å². The number of carbonyl (C=O) groups is 1. The summed E-state index contributed by atoms with van der Waals surface area (Å²) in [6, 6.07) is 13.6. The van der Waals surface area contributed by atoms with E-state index in [9.17, 15) is 14.9 Å². The van der Waals surface area contributed by atoms with Crippen LogP contribution in [-0.4, -0.2) is 23.4 Å². The van der Waals surface area contributed by atoms with Crippen LogP contribution in [0.25, 0.3) is 11.6 Å². The molecule has 0 saturated carbocycles. The second-order valence-electron chi connectivity index (χ2n) is 8.72. The first-order valence-corrected chi connectivity index (χ1v) is 11.8. The van der Waals surface area contributed by atoms with Gasteiger partial charge in [-0.05, 0) is 49.8 Å². The van der Waals surface area contributed by atoms with Gasteiger partial charge >= 0.3 is 0 Å². The predicted molar refractivity (Wildman–Crippen MR) is 133 cm³/mol. The molecule has 3 aromatic rings. The molecular weight excluding hydrogens is 434 g/mol. The molecule has 0 spiro atoms. The highest BCUT2D eigenvalue weighted by Crippen LogP contribution is 2.20. The molecule has 0 unspecified atom stereocenters. The van der Waals surface area contributed by atoms with Crippen molar-refractivity contribution in [3.63, 3.8) is 0 Å². The van der Waals surface area contributed by atoms with Crippen molar-refractivity contribution in [3.8, 4) is 6.07 Å². The van der Waals surface area contributed by atoms with Crippen LogP contribution in [0.4, 0.5) is 5.69 Å². The third-order valence-electron chi connectivity index (χ3n) is 5.36. The topological polar surface area (TPSA) is 79.2 Å². The van der Waals surface area contributed by atoms with Gasteiger partial charge in [0.15, 0.2) is 5.78 Å². The lowest BCUT2D eigenvalue weighted by Crippen LogP contribution is -2.34. The number of hydrogen-bond acceptors (Lipinski definition) is 6. The van der Waals surface area contributed by atoms with E-state index in [1.165, 1.54) is 10.8 Å². The molecule has 0 saturated heterocycles. The van der Waals surface area contributed by atoms with Crippen LogP contribution >= 0.6 is 11.3 Å². The fraction of sp³-hybridized carbons (Fsp3) is 0.346. The smallest absolute Gasteiger partial charge is 0.269 e. The molecule has 3 rings (SSSR count). The number of Topliss-reactive ketones (excluding diaryl/α,β-unsaturated/α-hetero) is 1. The van der Waals surface area contributed by atoms with Gasteiger partial charge in [-0.25, -0.2) is 0 Å². The molecule has 1 aromatic carbocycles. The standard InChI is InChI=1S/C26H29N3O3S/c1-6-28(7-2)19-12-10-18(11-13-19)15-22-24(31)29(17-20-9-8-14-32-20)25(33-22)21(16-27)23(30)26(3,4)5/h8-15H,6-7,17H2,1-5H3/b22-15-,25-21-. The minimum atomic E-state index is -0.745. The van der Waals surface area contributed by atoms with E-state index in [0.717, 1.165) is 35.7 Å². The average molecular weight is 464 g/mol. The van der Waals surface area contributed by atoms with Crippen molar-refractivity contribution in [3.05, 3.63) is 73.5 Å². The molecule has 0 radical (unpaired) electrons. The fourth-order valence-corrected chi connectivity index (χ4v) is 4.60. The van der Waals surface area contributed by atoms with Gasteiger partial charge in [0.2, 0.25) is 0 Å². The Bertz CT molecular complexity index is 1330. The van der Waals surface area contributed by atoms with Gasteiger partial charge in [0.05, 0.1) is 17.3 Å². The van der Waals surface area contributed by atoms with Crippen LogP contribution in [-0.2, 0) is 11.3 Å². The molecule has 0 bridgehead atoms. The monoisotopic (exact) mass is 463 g/mol. The summed E-state index contributed by atoms with van der Waals surface area (Å²) in [5, 5.41) is 9.83. The lowest BCUT2D eigenvalue weighted by molar-refractivity contribution is -0.120. The van der Waals surface area contributed by atoms with Crippen molar-refractivity contribution in [2.45, 2.75) is 41.2 Å². The predicted octanol–water partition coefficient (Wildman–Crippen LogP) is 3.52. The number of thiazole rings is 1. The SMILES string of the molecule is CCN(CC)c1ccc(/C=c2\s/c(=C(/C#N)C(=O)C(C)(C)C)n(Cc3ccco3)c2=O)cc1. The number of nitrogens with zero attached hydrogens (tertiary/aromatic N) is 3. The third-order valence-corrected chi connectivity index (χ3v) is 6.49. The Morgan fingerprint density at radius 1 is 1.18 bits per heavy atom. The molecule has 172 valence electrons. The maximum absolute atomic E-state index is 13.3. The summed E-state index contributed by atoms with van der Waals surface area (Å²) in [5.41, 5.74) is 0.989. The van der Waals surface area contributed by atoms with Crippen LogP contribution in [0.5, 0.6) is 0 Å². The summed E-state index contributed by atoms with van der Waals surface area (Å²) in [6.45, 7) is 11.5. The summed E-state index contributed by atoms with van der Waals surface area (Å²) < 4.78 is 7.70. The van der Waals surface area contributed by atoms with Crippen LogP contribution in [0.15, 0.2) is 51.9 Å². The summed E-state index contributed by atoms with van der Waals surface area (Å²) in [6.07, 6.45) is 3.34. The van der Waals surface area contributed by atoms with Gasteiger partial charge in [-0.1, -0.05) is 32.9 Å². The summed E-state index contributed by atoms with van der Waals surface area (Å²) in [7, 11) is 0. The number of hydrogen-bond donors (Lipinski definition) is 0. The van der Waals surface area contributed by atoms with E-state index < -0.39 is 5.41 Å². The molecular formula is C26H29N3O3S. The fourth-order valence-electron chi connectivity index (χ4n) is 3.50. The second-order valence-corrected chi connectivity index (χ2v) is 9.75. The molecule has 0 aliphatic heterocycles. The molecule has 0 aliphatic carbocycles. The Morgan fingerprint density at radius 2 is 1.85 bits per heavy atom. The minimum Gasteiger partial charge on any atom is -0.467 e. The van der Waals surface area contributed by atoms with Gasteiger partial charge in [0.1, 0.15) is 22.1 Å². The van der Waals surface area contributed by atoms with Crippen molar-refractivity contribution in [1.29, 1.82) is 5.26 Å². The maximum Gasteiger partial charge on any atom is 0.269 e. The third kappa shape index (κ3) is 5.35. The number of carbonyl (C=O) groups excluding carboxylic acids is 1. The summed E-state index contributed by atoms with van der Waals surface area (Å²) in [4.78, 5) is 28.6. The molecule has 0 aliphatic rings. The first kappa shape index (κ1) is 24.3. The lowest BCUT2D eigenvalue weighted by atomic mass is 9.87. The maximum atomic E-state index is 13.3. The van der Waals surface area contributed by atoms with Gasteiger partial charge < -0.3 is 9.32 Å². The van der Waals surface area contributed by atoms with Crippen LogP contribution in [0.2, 0.25) is 0 Å². The quantitative estimate of drug-likeness (QED) is 0.536. The number of nitriles is 1. The molecule has 7 heteroatoms. The number of benzene rings is 1. The van der Waals surface area contributed by atoms with Crippen LogP contribution in [0.1, 0.15) is 45.9 Å². The largest absolute Gasteiger partial charge is 0.467 e. The van der Waals surface area contributed by atoms with E-state index in [2.05, 4.69) is 18.7 Å². The van der Waals surface area contributed by atoms with E-state index in [1.807, 2.05) is 30.3 Å². The van der Waals surface area contributed by atoms with Crippen molar-refractivity contribution in [1.82, 2.24) is 4.57 Å². The van der Waals surface area contributed by atoms with Gasteiger partial charge in [-0.15, -0.1) is 11.3 Å². The van der Waals surface area contributed by atoms with Crippen molar-refractivity contribution in [2.75, 3.05) is 18.0 Å². The Kier molecular flexibility index (Phi) is 7.39. The number of aromatic nitrogens is 1. The number of ketones is 1. The molecule has 2 aromatic heterocycles. The zero-order valence-corrected chi connectivity index (χ0v) is 20.5. The van der Waals surface area contributed by atoms with Crippen molar-refractivity contribution in [2.24, 2.45) is 5.41 Å². The van der Waals surface area contributed by atoms with E-state index in [-0.39, 0.29) is 23.5 Å². The first-order chi connectivity index (χ1) is 15.7. The number of rotatable bonds is 7. The average Bonchev–Trinajstić information content (AvgIpc) is 3.40. The van der Waals surface area contributed by atoms with Crippen molar-refractivity contribution < 1.29 is 9.21 Å². The number of furan rings is 1. The molecule has 0 amide bonds. The Morgan fingerprint density at radius 3 is 2.36 bits per heavy atom.